The van der Waals surface area contributed by atoms with Crippen molar-refractivity contribution in [3.05, 3.63) is 54.5 Å². The second-order valence-electron chi connectivity index (χ2n) is 6.91. The molecule has 1 saturated heterocycles. The van der Waals surface area contributed by atoms with E-state index in [9.17, 15) is 4.79 Å². The van der Waals surface area contributed by atoms with Crippen molar-refractivity contribution < 1.29 is 9.53 Å². The summed E-state index contributed by atoms with van der Waals surface area (Å²) in [7, 11) is 1.64. The highest BCUT2D eigenvalue weighted by Gasteiger charge is 2.26. The molecule has 7 heteroatoms. The number of pyridine rings is 1. The third kappa shape index (κ3) is 3.88. The Labute approximate surface area is 163 Å². The van der Waals surface area contributed by atoms with Gasteiger partial charge in [-0.05, 0) is 25.0 Å². The Morgan fingerprint density at radius 2 is 2.11 bits per heavy atom. The highest BCUT2D eigenvalue weighted by atomic mass is 16.5. The number of nitrogens with zero attached hydrogens (tertiary/aromatic N) is 4. The maximum Gasteiger partial charge on any atom is 0.225 e. The lowest BCUT2D eigenvalue weighted by Gasteiger charge is -2.33. The zero-order valence-corrected chi connectivity index (χ0v) is 15.8. The number of fused-ring (bicyclic) bond motifs is 1. The molecule has 1 atom stereocenters. The number of ether oxygens (including phenoxy) is 1. The number of amides is 1. The maximum atomic E-state index is 12.7. The van der Waals surface area contributed by atoms with Gasteiger partial charge in [0, 0.05) is 37.6 Å². The van der Waals surface area contributed by atoms with E-state index < -0.39 is 0 Å². The summed E-state index contributed by atoms with van der Waals surface area (Å²) in [6.07, 6.45) is 6.96. The van der Waals surface area contributed by atoms with Gasteiger partial charge in [0.2, 0.25) is 5.91 Å². The van der Waals surface area contributed by atoms with Crippen molar-refractivity contribution >= 4 is 22.8 Å². The summed E-state index contributed by atoms with van der Waals surface area (Å²) >= 11 is 0. The van der Waals surface area contributed by atoms with E-state index in [4.69, 9.17) is 4.74 Å². The van der Waals surface area contributed by atoms with Gasteiger partial charge in [0.25, 0.3) is 0 Å². The molecule has 28 heavy (non-hydrogen) atoms. The molecule has 0 bridgehead atoms. The summed E-state index contributed by atoms with van der Waals surface area (Å²) in [4.78, 5) is 27.9. The maximum absolute atomic E-state index is 12.7. The van der Waals surface area contributed by atoms with Crippen LogP contribution in [0, 0.1) is 5.92 Å². The van der Waals surface area contributed by atoms with Gasteiger partial charge in [-0.3, -0.25) is 9.78 Å². The van der Waals surface area contributed by atoms with E-state index in [0.29, 0.717) is 18.7 Å². The van der Waals surface area contributed by atoms with Crippen LogP contribution in [0.1, 0.15) is 18.4 Å². The summed E-state index contributed by atoms with van der Waals surface area (Å²) in [6, 6.07) is 9.73. The molecular weight excluding hydrogens is 354 g/mol. The van der Waals surface area contributed by atoms with Crippen molar-refractivity contribution in [1.82, 2.24) is 20.3 Å². The monoisotopic (exact) mass is 377 g/mol. The number of anilines is 1. The molecule has 0 radical (unpaired) electrons. The Kier molecular flexibility index (Phi) is 5.32. The number of rotatable bonds is 5. The third-order valence-corrected chi connectivity index (χ3v) is 5.11. The Morgan fingerprint density at radius 1 is 1.25 bits per heavy atom. The molecule has 1 amide bonds. The van der Waals surface area contributed by atoms with Crippen LogP contribution in [0.3, 0.4) is 0 Å². The zero-order valence-electron chi connectivity index (χ0n) is 15.8. The van der Waals surface area contributed by atoms with E-state index in [2.05, 4.69) is 25.2 Å². The molecule has 1 N–H and O–H groups in total. The molecule has 0 aliphatic carbocycles. The van der Waals surface area contributed by atoms with Gasteiger partial charge >= 0.3 is 0 Å². The van der Waals surface area contributed by atoms with E-state index >= 15 is 0 Å². The molecule has 3 heterocycles. The molecule has 3 aromatic rings. The molecule has 1 fully saturated rings. The van der Waals surface area contributed by atoms with E-state index in [1.165, 1.54) is 0 Å². The van der Waals surface area contributed by atoms with Crippen molar-refractivity contribution in [1.29, 1.82) is 0 Å². The van der Waals surface area contributed by atoms with Crippen LogP contribution in [0.4, 0.5) is 5.69 Å². The zero-order chi connectivity index (χ0) is 19.3. The van der Waals surface area contributed by atoms with E-state index in [1.54, 1.807) is 19.5 Å². The Morgan fingerprint density at radius 3 is 3.00 bits per heavy atom. The smallest absolute Gasteiger partial charge is 0.225 e. The van der Waals surface area contributed by atoms with Gasteiger partial charge in [-0.2, -0.15) is 0 Å². The normalized spacial score (nSPS) is 16.8. The first-order valence-electron chi connectivity index (χ1n) is 9.46. The third-order valence-electron chi connectivity index (χ3n) is 5.11. The van der Waals surface area contributed by atoms with Gasteiger partial charge in [0.15, 0.2) is 5.65 Å². The standard InChI is InChI=1S/C21H23N5O2/c1-28-19-7-3-2-5-15(19)12-25-21(27)16-6-4-10-26(14-16)17-11-18-20(24-13-17)23-9-8-22-18/h2-3,5,7-9,11,13,16H,4,6,10,12,14H2,1H3,(H,25,27). The second kappa shape index (κ2) is 8.21. The number of nitrogens with one attached hydrogen (secondary N) is 1. The molecule has 0 saturated carbocycles. The molecular formula is C21H23N5O2. The first-order chi connectivity index (χ1) is 13.7. The molecule has 2 aromatic heterocycles. The molecule has 1 aromatic carbocycles. The van der Waals surface area contributed by atoms with E-state index in [0.717, 1.165) is 41.9 Å². The molecule has 7 nitrogen and oxygen atoms in total. The van der Waals surface area contributed by atoms with Crippen LogP contribution in [0.2, 0.25) is 0 Å². The van der Waals surface area contributed by atoms with E-state index in [1.807, 2.05) is 36.5 Å². The van der Waals surface area contributed by atoms with Crippen molar-refractivity contribution in [3.8, 4) is 5.75 Å². The van der Waals surface area contributed by atoms with Crippen LogP contribution < -0.4 is 15.0 Å². The molecule has 144 valence electrons. The fourth-order valence-corrected chi connectivity index (χ4v) is 3.62. The average Bonchev–Trinajstić information content (AvgIpc) is 2.77. The van der Waals surface area contributed by atoms with Crippen LogP contribution in [0.5, 0.6) is 5.75 Å². The Balaban J connectivity index is 1.42. The number of para-hydroxylation sites is 1. The summed E-state index contributed by atoms with van der Waals surface area (Å²) < 4.78 is 5.36. The predicted molar refractivity (Wildman–Crippen MR) is 107 cm³/mol. The van der Waals surface area contributed by atoms with Crippen molar-refractivity contribution in [3.63, 3.8) is 0 Å². The fourth-order valence-electron chi connectivity index (χ4n) is 3.62. The highest BCUT2D eigenvalue weighted by molar-refractivity contribution is 5.80. The van der Waals surface area contributed by atoms with Crippen molar-refractivity contribution in [2.24, 2.45) is 5.92 Å². The molecule has 1 unspecified atom stereocenters. The van der Waals surface area contributed by atoms with Gasteiger partial charge in [0.1, 0.15) is 11.3 Å². The van der Waals surface area contributed by atoms with Crippen LogP contribution in [0.25, 0.3) is 11.2 Å². The minimum atomic E-state index is -0.0546. The minimum Gasteiger partial charge on any atom is -0.496 e. The summed E-state index contributed by atoms with van der Waals surface area (Å²) in [5, 5.41) is 3.06. The highest BCUT2D eigenvalue weighted by Crippen LogP contribution is 2.25. The van der Waals surface area contributed by atoms with Crippen molar-refractivity contribution in [2.45, 2.75) is 19.4 Å². The molecule has 1 aliphatic rings. The van der Waals surface area contributed by atoms with Crippen LogP contribution in [-0.4, -0.2) is 41.1 Å². The number of carbonyl (C=O) groups is 1. The lowest BCUT2D eigenvalue weighted by atomic mass is 9.96. The lowest BCUT2D eigenvalue weighted by molar-refractivity contribution is -0.125. The number of hydrogen-bond donors (Lipinski definition) is 1. The van der Waals surface area contributed by atoms with Crippen LogP contribution in [0.15, 0.2) is 48.9 Å². The van der Waals surface area contributed by atoms with E-state index in [-0.39, 0.29) is 11.8 Å². The minimum absolute atomic E-state index is 0.0546. The molecule has 0 spiro atoms. The largest absolute Gasteiger partial charge is 0.496 e. The van der Waals surface area contributed by atoms with Gasteiger partial charge in [-0.25, -0.2) is 9.97 Å². The summed E-state index contributed by atoms with van der Waals surface area (Å²) in [6.45, 7) is 2.04. The van der Waals surface area contributed by atoms with Gasteiger partial charge in [-0.15, -0.1) is 0 Å². The first kappa shape index (κ1) is 18.2. The fraction of sp³-hybridized carbons (Fsp3) is 0.333. The Hall–Kier alpha value is -3.22. The SMILES string of the molecule is COc1ccccc1CNC(=O)C1CCCN(c2cnc3nccnc3c2)C1. The van der Waals surface area contributed by atoms with Crippen molar-refractivity contribution in [2.75, 3.05) is 25.1 Å². The summed E-state index contributed by atoms with van der Waals surface area (Å²) in [5.41, 5.74) is 3.36. The number of piperidine rings is 1. The number of aromatic nitrogens is 3. The van der Waals surface area contributed by atoms with Gasteiger partial charge in [0.05, 0.1) is 24.9 Å². The topological polar surface area (TPSA) is 80.2 Å². The number of benzene rings is 1. The Bertz CT molecular complexity index is 978. The van der Waals surface area contributed by atoms with Gasteiger partial charge in [-0.1, -0.05) is 18.2 Å². The van der Waals surface area contributed by atoms with Gasteiger partial charge < -0.3 is 15.0 Å². The number of methoxy groups -OCH3 is 1. The second-order valence-corrected chi connectivity index (χ2v) is 6.91. The predicted octanol–water partition coefficient (Wildman–Crippen LogP) is 2.57. The average molecular weight is 377 g/mol. The van der Waals surface area contributed by atoms with Crippen LogP contribution in [-0.2, 0) is 11.3 Å². The lowest BCUT2D eigenvalue weighted by Crippen LogP contribution is -2.43. The number of carbonyl (C=O) groups excluding carboxylic acids is 1. The summed E-state index contributed by atoms with van der Waals surface area (Å²) in [5.74, 6) is 0.807. The first-order valence-corrected chi connectivity index (χ1v) is 9.46. The molecule has 1 aliphatic heterocycles. The van der Waals surface area contributed by atoms with Crippen LogP contribution >= 0.6 is 0 Å². The number of hydrogen-bond acceptors (Lipinski definition) is 6. The molecule has 4 rings (SSSR count). The quantitative estimate of drug-likeness (QED) is 0.736.